The lowest BCUT2D eigenvalue weighted by Crippen LogP contribution is -2.44. The second-order valence-electron chi connectivity index (χ2n) is 8.82. The molecule has 0 amide bonds. The van der Waals surface area contributed by atoms with Gasteiger partial charge < -0.3 is 10.1 Å². The van der Waals surface area contributed by atoms with E-state index in [1.165, 1.54) is 47.9 Å². The predicted octanol–water partition coefficient (Wildman–Crippen LogP) is 5.67. The Hall–Kier alpha value is -1.71. The van der Waals surface area contributed by atoms with E-state index < -0.39 is 0 Å². The van der Waals surface area contributed by atoms with Crippen LogP contribution in [0, 0.1) is 25.6 Å². The van der Waals surface area contributed by atoms with Crippen molar-refractivity contribution in [2.24, 2.45) is 5.92 Å². The molecule has 1 saturated carbocycles. The number of hydrogen-bond acceptors (Lipinski definition) is 2. The average molecular weight is 382 g/mol. The number of hydrogen-bond donors (Lipinski definition) is 1. The summed E-state index contributed by atoms with van der Waals surface area (Å²) in [4.78, 5) is 0. The van der Waals surface area contributed by atoms with Gasteiger partial charge in [-0.25, -0.2) is 4.39 Å². The standard InChI is InChI=1S/C25H32FNO/c1-18-6-5-7-19(2)24(18)16-27-15-21-17-28-25(12-3-4-13-25)14-23(21)20-8-10-22(26)11-9-20/h5-11,21,23,27H,3-4,12-17H2,1-2H3. The first-order valence-corrected chi connectivity index (χ1v) is 10.7. The summed E-state index contributed by atoms with van der Waals surface area (Å²) < 4.78 is 19.9. The zero-order valence-electron chi connectivity index (χ0n) is 17.1. The number of ether oxygens (including phenoxy) is 1. The molecule has 150 valence electrons. The molecule has 2 fully saturated rings. The summed E-state index contributed by atoms with van der Waals surface area (Å²) in [6.45, 7) is 6.96. The summed E-state index contributed by atoms with van der Waals surface area (Å²) in [5.74, 6) is 0.690. The highest BCUT2D eigenvalue weighted by atomic mass is 19.1. The van der Waals surface area contributed by atoms with Crippen molar-refractivity contribution < 1.29 is 9.13 Å². The molecule has 2 aromatic carbocycles. The Labute approximate surface area is 168 Å². The maximum atomic E-state index is 13.5. The quantitative estimate of drug-likeness (QED) is 0.721. The van der Waals surface area contributed by atoms with E-state index in [2.05, 4.69) is 37.4 Å². The van der Waals surface area contributed by atoms with Crippen molar-refractivity contribution in [1.29, 1.82) is 0 Å². The first-order valence-electron chi connectivity index (χ1n) is 10.7. The van der Waals surface area contributed by atoms with Crippen LogP contribution in [-0.4, -0.2) is 18.8 Å². The molecule has 1 aliphatic carbocycles. The number of benzene rings is 2. The van der Waals surface area contributed by atoms with Crippen molar-refractivity contribution in [2.45, 2.75) is 64.0 Å². The highest BCUT2D eigenvalue weighted by molar-refractivity contribution is 5.33. The molecule has 2 aliphatic rings. The fraction of sp³-hybridized carbons (Fsp3) is 0.520. The Balaban J connectivity index is 1.47. The second kappa shape index (κ2) is 8.34. The van der Waals surface area contributed by atoms with E-state index in [4.69, 9.17) is 4.74 Å². The van der Waals surface area contributed by atoms with Crippen LogP contribution in [0.4, 0.5) is 4.39 Å². The van der Waals surface area contributed by atoms with Crippen molar-refractivity contribution in [2.75, 3.05) is 13.2 Å². The van der Waals surface area contributed by atoms with Gasteiger partial charge in [-0.2, -0.15) is 0 Å². The van der Waals surface area contributed by atoms with Gasteiger partial charge in [0.05, 0.1) is 12.2 Å². The minimum atomic E-state index is -0.156. The lowest BCUT2D eigenvalue weighted by atomic mass is 9.75. The SMILES string of the molecule is Cc1cccc(C)c1CNCC1COC2(CCCC2)CC1c1ccc(F)cc1. The second-order valence-corrected chi connectivity index (χ2v) is 8.82. The maximum Gasteiger partial charge on any atom is 0.123 e. The van der Waals surface area contributed by atoms with Crippen LogP contribution < -0.4 is 5.32 Å². The van der Waals surface area contributed by atoms with E-state index in [1.54, 1.807) is 12.1 Å². The zero-order valence-corrected chi connectivity index (χ0v) is 17.1. The first kappa shape index (κ1) is 19.6. The van der Waals surface area contributed by atoms with Crippen molar-refractivity contribution in [1.82, 2.24) is 5.32 Å². The Kier molecular flexibility index (Phi) is 5.84. The molecular formula is C25H32FNO. The molecule has 2 unspecified atom stereocenters. The summed E-state index contributed by atoms with van der Waals surface area (Å²) in [6, 6.07) is 13.6. The van der Waals surface area contributed by atoms with Crippen LogP contribution in [0.25, 0.3) is 0 Å². The third-order valence-corrected chi connectivity index (χ3v) is 6.93. The highest BCUT2D eigenvalue weighted by Crippen LogP contribution is 2.47. The van der Waals surface area contributed by atoms with Gasteiger partial charge in [0.25, 0.3) is 0 Å². The van der Waals surface area contributed by atoms with Crippen molar-refractivity contribution in [3.8, 4) is 0 Å². The number of nitrogens with one attached hydrogen (secondary N) is 1. The molecular weight excluding hydrogens is 349 g/mol. The van der Waals surface area contributed by atoms with E-state index in [9.17, 15) is 4.39 Å². The molecule has 2 aromatic rings. The lowest BCUT2D eigenvalue weighted by Gasteiger charge is -2.43. The molecule has 4 rings (SSSR count). The highest BCUT2D eigenvalue weighted by Gasteiger charge is 2.43. The van der Waals surface area contributed by atoms with Gasteiger partial charge in [-0.05, 0) is 73.4 Å². The molecule has 0 aromatic heterocycles. The van der Waals surface area contributed by atoms with Gasteiger partial charge in [0, 0.05) is 19.0 Å². The molecule has 1 saturated heterocycles. The van der Waals surface area contributed by atoms with E-state index in [0.717, 1.165) is 26.1 Å². The molecule has 2 atom stereocenters. The topological polar surface area (TPSA) is 21.3 Å². The predicted molar refractivity (Wildman–Crippen MR) is 112 cm³/mol. The third kappa shape index (κ3) is 4.16. The number of rotatable bonds is 5. The first-order chi connectivity index (χ1) is 13.6. The largest absolute Gasteiger partial charge is 0.375 e. The monoisotopic (exact) mass is 381 g/mol. The van der Waals surface area contributed by atoms with Gasteiger partial charge in [-0.1, -0.05) is 43.2 Å². The zero-order chi connectivity index (χ0) is 19.6. The summed E-state index contributed by atoms with van der Waals surface area (Å²) in [5, 5.41) is 3.69. The van der Waals surface area contributed by atoms with Crippen molar-refractivity contribution >= 4 is 0 Å². The molecule has 28 heavy (non-hydrogen) atoms. The van der Waals surface area contributed by atoms with Crippen molar-refractivity contribution in [3.63, 3.8) is 0 Å². The van der Waals surface area contributed by atoms with Crippen LogP contribution in [0.1, 0.15) is 60.3 Å². The molecule has 3 heteroatoms. The molecule has 1 aliphatic heterocycles. The van der Waals surface area contributed by atoms with Crippen LogP contribution in [0.15, 0.2) is 42.5 Å². The van der Waals surface area contributed by atoms with E-state index >= 15 is 0 Å². The lowest BCUT2D eigenvalue weighted by molar-refractivity contribution is -0.105. The van der Waals surface area contributed by atoms with Gasteiger partial charge in [0.1, 0.15) is 5.82 Å². The molecule has 0 bridgehead atoms. The molecule has 1 spiro atoms. The minimum absolute atomic E-state index is 0.0577. The van der Waals surface area contributed by atoms with Crippen LogP contribution in [0.2, 0.25) is 0 Å². The molecule has 1 heterocycles. The van der Waals surface area contributed by atoms with E-state index in [-0.39, 0.29) is 11.4 Å². The van der Waals surface area contributed by atoms with E-state index in [0.29, 0.717) is 11.8 Å². The summed E-state index contributed by atoms with van der Waals surface area (Å²) in [5.41, 5.74) is 5.39. The van der Waals surface area contributed by atoms with Crippen LogP contribution in [0.3, 0.4) is 0 Å². The Bertz CT molecular complexity index is 774. The fourth-order valence-electron chi connectivity index (χ4n) is 5.21. The Morgan fingerprint density at radius 1 is 1.04 bits per heavy atom. The normalized spacial score (nSPS) is 24.0. The van der Waals surface area contributed by atoms with Gasteiger partial charge in [0.15, 0.2) is 0 Å². The van der Waals surface area contributed by atoms with Crippen LogP contribution in [-0.2, 0) is 11.3 Å². The molecule has 0 radical (unpaired) electrons. The van der Waals surface area contributed by atoms with Crippen LogP contribution >= 0.6 is 0 Å². The average Bonchev–Trinajstić information content (AvgIpc) is 3.14. The Morgan fingerprint density at radius 2 is 1.71 bits per heavy atom. The maximum absolute atomic E-state index is 13.5. The summed E-state index contributed by atoms with van der Waals surface area (Å²) in [7, 11) is 0. The van der Waals surface area contributed by atoms with Crippen LogP contribution in [0.5, 0.6) is 0 Å². The molecule has 2 nitrogen and oxygen atoms in total. The smallest absolute Gasteiger partial charge is 0.123 e. The summed E-state index contributed by atoms with van der Waals surface area (Å²) >= 11 is 0. The Morgan fingerprint density at radius 3 is 2.39 bits per heavy atom. The van der Waals surface area contributed by atoms with E-state index in [1.807, 2.05) is 12.1 Å². The van der Waals surface area contributed by atoms with Gasteiger partial charge in [-0.15, -0.1) is 0 Å². The molecule has 1 N–H and O–H groups in total. The minimum Gasteiger partial charge on any atom is -0.375 e. The van der Waals surface area contributed by atoms with Gasteiger partial charge in [0.2, 0.25) is 0 Å². The summed E-state index contributed by atoms with van der Waals surface area (Å²) in [6.07, 6.45) is 5.95. The van der Waals surface area contributed by atoms with Gasteiger partial charge >= 0.3 is 0 Å². The number of aryl methyl sites for hydroxylation is 2. The number of halogens is 1. The third-order valence-electron chi connectivity index (χ3n) is 6.93. The van der Waals surface area contributed by atoms with Gasteiger partial charge in [-0.3, -0.25) is 0 Å². The van der Waals surface area contributed by atoms with Crippen molar-refractivity contribution in [3.05, 3.63) is 70.5 Å². The fourth-order valence-corrected chi connectivity index (χ4v) is 5.21.